The van der Waals surface area contributed by atoms with Crippen LogP contribution in [0.1, 0.15) is 206 Å². The summed E-state index contributed by atoms with van der Waals surface area (Å²) in [5, 5.41) is 54.4. The van der Waals surface area contributed by atoms with E-state index in [0.717, 1.165) is 70.6 Å². The Labute approximate surface area is 397 Å². The number of nitrogens with one attached hydrogen (secondary N) is 1. The lowest BCUT2D eigenvalue weighted by Crippen LogP contribution is -2.60. The van der Waals surface area contributed by atoms with Gasteiger partial charge in [-0.1, -0.05) is 214 Å². The number of hydrogen-bond acceptors (Lipinski definition) is 8. The molecular weight excluding hydrogens is 815 g/mol. The molecule has 0 bridgehead atoms. The smallest absolute Gasteiger partial charge is 0.220 e. The zero-order valence-corrected chi connectivity index (χ0v) is 41.2. The molecule has 7 atom stereocenters. The summed E-state index contributed by atoms with van der Waals surface area (Å²) in [6.45, 7) is 3.64. The van der Waals surface area contributed by atoms with Crippen molar-refractivity contribution >= 4 is 5.91 Å². The lowest BCUT2D eigenvalue weighted by Gasteiger charge is -2.40. The Balaban J connectivity index is 2.34. The monoisotopic (exact) mass is 912 g/mol. The molecule has 1 amide bonds. The number of hydrogen-bond donors (Lipinski definition) is 6. The predicted octanol–water partition coefficient (Wildman–Crippen LogP) is 12.3. The largest absolute Gasteiger partial charge is 0.394 e. The van der Waals surface area contributed by atoms with E-state index in [1.807, 2.05) is 6.08 Å². The summed E-state index contributed by atoms with van der Waals surface area (Å²) in [6.07, 6.45) is 56.3. The van der Waals surface area contributed by atoms with Crippen LogP contribution in [0.5, 0.6) is 0 Å². The van der Waals surface area contributed by atoms with Crippen molar-refractivity contribution in [1.82, 2.24) is 5.32 Å². The van der Waals surface area contributed by atoms with E-state index in [-0.39, 0.29) is 18.9 Å². The lowest BCUT2D eigenvalue weighted by atomic mass is 9.99. The highest BCUT2D eigenvalue weighted by molar-refractivity contribution is 5.76. The third-order valence-electron chi connectivity index (χ3n) is 12.0. The van der Waals surface area contributed by atoms with E-state index in [2.05, 4.69) is 92.1 Å². The van der Waals surface area contributed by atoms with Crippen LogP contribution < -0.4 is 5.32 Å². The minimum absolute atomic E-state index is 0.211. The maximum Gasteiger partial charge on any atom is 0.220 e. The van der Waals surface area contributed by atoms with Crippen LogP contribution >= 0.6 is 0 Å². The molecule has 374 valence electrons. The Hall–Kier alpha value is -2.63. The third kappa shape index (κ3) is 35.2. The standard InChI is InChI=1S/C56H97NO8/c1-3-5-7-9-11-13-15-17-19-21-23-25-27-29-31-33-35-37-39-41-43-45-50(59)49(48-64-56-55(63)54(62)53(61)51(47-58)65-56)57-52(60)46-44-42-40-38-36-34-32-30-28-26-24-22-20-18-16-14-12-10-8-6-4-2/h6,8,12,14,18,20,24,26,30,32,36,38,43,45,49-51,53-56,58-59,61-63H,3-5,7,9-11,13,15-17,19,21-23,25,27-29,31,33-35,37,39-42,44,46-48H2,1-2H3,(H,57,60)/b8-6-,14-12-,20-18-,26-24-,32-30-,38-36-,45-43+. The summed E-state index contributed by atoms with van der Waals surface area (Å²) in [6, 6.07) is -0.834. The molecule has 1 aliphatic rings. The van der Waals surface area contributed by atoms with Gasteiger partial charge >= 0.3 is 0 Å². The van der Waals surface area contributed by atoms with Crippen molar-refractivity contribution in [3.05, 3.63) is 85.1 Å². The number of allylic oxidation sites excluding steroid dienone is 13. The van der Waals surface area contributed by atoms with Crippen molar-refractivity contribution in [2.75, 3.05) is 13.2 Å². The molecule has 0 radical (unpaired) electrons. The molecule has 65 heavy (non-hydrogen) atoms. The highest BCUT2D eigenvalue weighted by Crippen LogP contribution is 2.23. The number of ether oxygens (including phenoxy) is 2. The van der Waals surface area contributed by atoms with Crippen LogP contribution in [0.4, 0.5) is 0 Å². The van der Waals surface area contributed by atoms with Crippen LogP contribution in [0.2, 0.25) is 0 Å². The highest BCUT2D eigenvalue weighted by atomic mass is 16.7. The van der Waals surface area contributed by atoms with E-state index in [9.17, 15) is 30.3 Å². The normalized spacial score (nSPS) is 20.6. The van der Waals surface area contributed by atoms with E-state index in [1.165, 1.54) is 109 Å². The molecule has 1 heterocycles. The van der Waals surface area contributed by atoms with Gasteiger partial charge in [-0.3, -0.25) is 4.79 Å². The van der Waals surface area contributed by atoms with E-state index >= 15 is 0 Å². The quantitative estimate of drug-likeness (QED) is 0.0262. The number of aliphatic hydroxyl groups excluding tert-OH is 5. The zero-order valence-electron chi connectivity index (χ0n) is 41.2. The van der Waals surface area contributed by atoms with Gasteiger partial charge in [-0.15, -0.1) is 0 Å². The third-order valence-corrected chi connectivity index (χ3v) is 12.0. The van der Waals surface area contributed by atoms with Gasteiger partial charge in [0.2, 0.25) is 5.91 Å². The number of carbonyl (C=O) groups is 1. The molecule has 9 nitrogen and oxygen atoms in total. The molecule has 0 aliphatic carbocycles. The highest BCUT2D eigenvalue weighted by Gasteiger charge is 2.44. The SMILES string of the molecule is CC/C=C\C/C=C\C/C=C\C/C=C\C/C=C\C/C=C\CCCCC(=O)NC(COC1OC(CO)C(O)C(O)C1O)C(O)/C=C/CCCCCCCCCCCCCCCCCCCCC. The molecule has 7 unspecified atom stereocenters. The molecule has 0 aromatic heterocycles. The van der Waals surface area contributed by atoms with Gasteiger partial charge in [0, 0.05) is 6.42 Å². The first kappa shape index (κ1) is 60.4. The summed E-state index contributed by atoms with van der Waals surface area (Å²) < 4.78 is 11.2. The maximum absolute atomic E-state index is 13.0. The van der Waals surface area contributed by atoms with Crippen LogP contribution in [0.25, 0.3) is 0 Å². The Kier molecular flexibility index (Phi) is 42.0. The molecule has 1 saturated heterocycles. The fourth-order valence-corrected chi connectivity index (χ4v) is 7.81. The van der Waals surface area contributed by atoms with Crippen molar-refractivity contribution in [2.45, 2.75) is 249 Å². The molecule has 0 saturated carbocycles. The minimum Gasteiger partial charge on any atom is -0.394 e. The predicted molar refractivity (Wildman–Crippen MR) is 271 cm³/mol. The average Bonchev–Trinajstić information content (AvgIpc) is 3.31. The summed E-state index contributed by atoms with van der Waals surface area (Å²) in [5.41, 5.74) is 0. The Morgan fingerprint density at radius 3 is 1.42 bits per heavy atom. The number of amides is 1. The van der Waals surface area contributed by atoms with Gasteiger partial charge in [0.1, 0.15) is 24.4 Å². The molecule has 0 aromatic carbocycles. The van der Waals surface area contributed by atoms with Gasteiger partial charge in [-0.05, 0) is 70.6 Å². The summed E-state index contributed by atoms with van der Waals surface area (Å²) in [7, 11) is 0. The van der Waals surface area contributed by atoms with E-state index in [0.29, 0.717) is 6.42 Å². The van der Waals surface area contributed by atoms with Gasteiger partial charge in [0.25, 0.3) is 0 Å². The van der Waals surface area contributed by atoms with Gasteiger partial charge in [0.15, 0.2) is 6.29 Å². The van der Waals surface area contributed by atoms with Crippen molar-refractivity contribution in [3.8, 4) is 0 Å². The van der Waals surface area contributed by atoms with Gasteiger partial charge in [0.05, 0.1) is 25.4 Å². The first-order valence-corrected chi connectivity index (χ1v) is 26.3. The van der Waals surface area contributed by atoms with E-state index in [4.69, 9.17) is 9.47 Å². The second-order valence-electron chi connectivity index (χ2n) is 17.9. The first-order valence-electron chi connectivity index (χ1n) is 26.3. The average molecular weight is 912 g/mol. The molecule has 9 heteroatoms. The minimum atomic E-state index is -1.58. The fourth-order valence-electron chi connectivity index (χ4n) is 7.81. The lowest BCUT2D eigenvalue weighted by molar-refractivity contribution is -0.302. The van der Waals surface area contributed by atoms with Crippen LogP contribution in [0.15, 0.2) is 85.1 Å². The van der Waals surface area contributed by atoms with E-state index in [1.54, 1.807) is 6.08 Å². The molecule has 1 aliphatic heterocycles. The van der Waals surface area contributed by atoms with E-state index < -0.39 is 49.5 Å². The maximum atomic E-state index is 13.0. The van der Waals surface area contributed by atoms with Crippen molar-refractivity contribution in [3.63, 3.8) is 0 Å². The zero-order chi connectivity index (χ0) is 47.3. The second-order valence-corrected chi connectivity index (χ2v) is 17.9. The topological polar surface area (TPSA) is 149 Å². The van der Waals surface area contributed by atoms with Gasteiger partial charge < -0.3 is 40.3 Å². The summed E-state index contributed by atoms with van der Waals surface area (Å²) in [4.78, 5) is 13.0. The molecule has 0 spiro atoms. The molecule has 0 aromatic rings. The fraction of sp³-hybridized carbons (Fsp3) is 0.732. The van der Waals surface area contributed by atoms with Gasteiger partial charge in [-0.25, -0.2) is 0 Å². The molecule has 1 rings (SSSR count). The number of aliphatic hydroxyl groups is 5. The van der Waals surface area contributed by atoms with Crippen molar-refractivity contribution < 1.29 is 39.8 Å². The summed E-state index contributed by atoms with van der Waals surface area (Å²) >= 11 is 0. The van der Waals surface area contributed by atoms with Crippen LogP contribution in [-0.2, 0) is 14.3 Å². The van der Waals surface area contributed by atoms with Gasteiger partial charge in [-0.2, -0.15) is 0 Å². The molecular formula is C56H97NO8. The Morgan fingerprint density at radius 1 is 0.538 bits per heavy atom. The Bertz CT molecular complexity index is 1290. The summed E-state index contributed by atoms with van der Waals surface area (Å²) in [5.74, 6) is -0.221. The van der Waals surface area contributed by atoms with Crippen LogP contribution in [0, 0.1) is 0 Å². The molecule has 6 N–H and O–H groups in total. The van der Waals surface area contributed by atoms with Crippen LogP contribution in [0.3, 0.4) is 0 Å². The second kappa shape index (κ2) is 45.2. The first-order chi connectivity index (χ1) is 31.8. The Morgan fingerprint density at radius 2 is 0.954 bits per heavy atom. The van der Waals surface area contributed by atoms with Crippen molar-refractivity contribution in [2.24, 2.45) is 0 Å². The molecule has 1 fully saturated rings. The number of unbranched alkanes of at least 4 members (excludes halogenated alkanes) is 21. The van der Waals surface area contributed by atoms with Crippen molar-refractivity contribution in [1.29, 1.82) is 0 Å². The number of carbonyl (C=O) groups excluding carboxylic acids is 1. The van der Waals surface area contributed by atoms with Crippen LogP contribution in [-0.4, -0.2) is 87.5 Å². The number of rotatable bonds is 43.